The van der Waals surface area contributed by atoms with Crippen molar-refractivity contribution in [2.75, 3.05) is 13.2 Å². The van der Waals surface area contributed by atoms with Crippen molar-refractivity contribution in [3.8, 4) is 23.3 Å². The first-order chi connectivity index (χ1) is 17.0. The van der Waals surface area contributed by atoms with Gasteiger partial charge in [0.15, 0.2) is 11.5 Å². The minimum absolute atomic E-state index is 0.223. The first-order valence-corrected chi connectivity index (χ1v) is 11.6. The fourth-order valence-corrected chi connectivity index (χ4v) is 3.38. The van der Waals surface area contributed by atoms with Crippen LogP contribution in [0.1, 0.15) is 47.3 Å². The van der Waals surface area contributed by atoms with Crippen molar-refractivity contribution in [3.63, 3.8) is 0 Å². The Morgan fingerprint density at radius 2 is 1.89 bits per heavy atom. The van der Waals surface area contributed by atoms with Crippen LogP contribution < -0.4 is 19.6 Å². The highest BCUT2D eigenvalue weighted by atomic mass is 35.5. The van der Waals surface area contributed by atoms with Gasteiger partial charge in [0.2, 0.25) is 0 Å². The average Bonchev–Trinajstić information content (AvgIpc) is 2.87. The number of carbonyl (C=O) groups is 1. The monoisotopic (exact) mass is 491 g/mol. The van der Waals surface area contributed by atoms with Crippen LogP contribution in [0.3, 0.4) is 0 Å². The quantitative estimate of drug-likeness (QED) is 0.272. The zero-order valence-electron chi connectivity index (χ0n) is 19.6. The van der Waals surface area contributed by atoms with Crippen molar-refractivity contribution in [3.05, 3.63) is 87.9 Å². The summed E-state index contributed by atoms with van der Waals surface area (Å²) in [5.41, 5.74) is 4.97. The van der Waals surface area contributed by atoms with Gasteiger partial charge in [0, 0.05) is 5.56 Å². The minimum atomic E-state index is -0.348. The Labute approximate surface area is 209 Å². The SMILES string of the molecule is CCCOc1ccc(C(=O)N/N=C\c2cc(Cl)c(OCc3cccc(C#N)c3)c(OCC)c2)cc1. The van der Waals surface area contributed by atoms with Crippen molar-refractivity contribution < 1.29 is 19.0 Å². The standard InChI is InChI=1S/C27H26ClN3O4/c1-3-12-34-23-10-8-22(9-11-23)27(32)31-30-17-21-14-24(28)26(25(15-21)33-4-2)35-18-20-7-5-6-19(13-20)16-29/h5-11,13-15,17H,3-4,12,18H2,1-2H3,(H,31,32)/b30-17-. The highest BCUT2D eigenvalue weighted by molar-refractivity contribution is 6.32. The Kier molecular flexibility index (Phi) is 9.52. The van der Waals surface area contributed by atoms with Crippen molar-refractivity contribution >= 4 is 23.7 Å². The third-order valence-electron chi connectivity index (χ3n) is 4.74. The molecule has 35 heavy (non-hydrogen) atoms. The van der Waals surface area contributed by atoms with Crippen LogP contribution in [0.2, 0.25) is 5.02 Å². The van der Waals surface area contributed by atoms with Gasteiger partial charge in [0.05, 0.1) is 36.1 Å². The molecule has 0 aliphatic carbocycles. The number of benzene rings is 3. The van der Waals surface area contributed by atoms with Crippen LogP contribution >= 0.6 is 11.6 Å². The van der Waals surface area contributed by atoms with E-state index >= 15 is 0 Å². The molecule has 0 fully saturated rings. The summed E-state index contributed by atoms with van der Waals surface area (Å²) in [6.07, 6.45) is 2.39. The van der Waals surface area contributed by atoms with E-state index in [0.717, 1.165) is 12.0 Å². The topological polar surface area (TPSA) is 92.9 Å². The van der Waals surface area contributed by atoms with Crippen LogP contribution in [0.25, 0.3) is 0 Å². The van der Waals surface area contributed by atoms with E-state index in [0.29, 0.717) is 52.2 Å². The van der Waals surface area contributed by atoms with Crippen LogP contribution in [-0.4, -0.2) is 25.3 Å². The number of carbonyl (C=O) groups excluding carboxylic acids is 1. The molecular formula is C27H26ClN3O4. The van der Waals surface area contributed by atoms with Gasteiger partial charge in [-0.2, -0.15) is 10.4 Å². The summed E-state index contributed by atoms with van der Waals surface area (Å²) in [7, 11) is 0. The number of hydrogen-bond donors (Lipinski definition) is 1. The second-order valence-corrected chi connectivity index (χ2v) is 7.84. The van der Waals surface area contributed by atoms with Crippen molar-refractivity contribution in [1.29, 1.82) is 5.26 Å². The van der Waals surface area contributed by atoms with Crippen molar-refractivity contribution in [2.45, 2.75) is 26.9 Å². The van der Waals surface area contributed by atoms with Gasteiger partial charge in [-0.3, -0.25) is 4.79 Å². The fraction of sp³-hybridized carbons (Fsp3) is 0.222. The molecule has 0 bridgehead atoms. The lowest BCUT2D eigenvalue weighted by Gasteiger charge is -2.14. The number of nitrogens with one attached hydrogen (secondary N) is 1. The normalized spacial score (nSPS) is 10.6. The summed E-state index contributed by atoms with van der Waals surface area (Å²) in [6.45, 7) is 5.14. The van der Waals surface area contributed by atoms with E-state index in [9.17, 15) is 4.79 Å². The van der Waals surface area contributed by atoms with Crippen LogP contribution in [0.15, 0.2) is 65.8 Å². The molecular weight excluding hydrogens is 466 g/mol. The number of hydrogen-bond acceptors (Lipinski definition) is 6. The fourth-order valence-electron chi connectivity index (χ4n) is 3.10. The number of halogens is 1. The number of hydrazone groups is 1. The van der Waals surface area contributed by atoms with Gasteiger partial charge in [-0.05, 0) is 73.0 Å². The first-order valence-electron chi connectivity index (χ1n) is 11.2. The Hall–Kier alpha value is -4.02. The van der Waals surface area contributed by atoms with Gasteiger partial charge >= 0.3 is 0 Å². The zero-order chi connectivity index (χ0) is 25.0. The van der Waals surface area contributed by atoms with E-state index in [1.54, 1.807) is 54.6 Å². The summed E-state index contributed by atoms with van der Waals surface area (Å²) in [5.74, 6) is 1.21. The van der Waals surface area contributed by atoms with E-state index in [1.165, 1.54) is 6.21 Å². The molecule has 0 saturated carbocycles. The molecule has 8 heteroatoms. The highest BCUT2D eigenvalue weighted by Crippen LogP contribution is 2.37. The number of nitriles is 1. The molecule has 0 aliphatic heterocycles. The van der Waals surface area contributed by atoms with Crippen molar-refractivity contribution in [1.82, 2.24) is 5.43 Å². The van der Waals surface area contributed by atoms with E-state index in [4.69, 9.17) is 31.1 Å². The molecule has 3 aromatic carbocycles. The molecule has 0 atom stereocenters. The number of rotatable bonds is 11. The van der Waals surface area contributed by atoms with E-state index in [1.807, 2.05) is 19.9 Å². The Morgan fingerprint density at radius 1 is 1.09 bits per heavy atom. The smallest absolute Gasteiger partial charge is 0.271 e. The van der Waals surface area contributed by atoms with Gasteiger partial charge in [-0.25, -0.2) is 5.43 Å². The van der Waals surface area contributed by atoms with E-state index < -0.39 is 0 Å². The van der Waals surface area contributed by atoms with Gasteiger partial charge in [0.25, 0.3) is 5.91 Å². The Balaban J connectivity index is 1.67. The maximum atomic E-state index is 12.4. The summed E-state index contributed by atoms with van der Waals surface area (Å²) >= 11 is 6.47. The van der Waals surface area contributed by atoms with Crippen LogP contribution in [-0.2, 0) is 6.61 Å². The molecule has 0 heterocycles. The summed E-state index contributed by atoms with van der Waals surface area (Å²) in [5, 5.41) is 13.4. The molecule has 0 unspecified atom stereocenters. The Bertz CT molecular complexity index is 1220. The molecule has 3 aromatic rings. The second kappa shape index (κ2) is 13.0. The molecule has 0 aliphatic rings. The first kappa shape index (κ1) is 25.6. The molecule has 180 valence electrons. The molecule has 1 N–H and O–H groups in total. The van der Waals surface area contributed by atoms with Gasteiger partial charge in [0.1, 0.15) is 12.4 Å². The average molecular weight is 492 g/mol. The summed E-state index contributed by atoms with van der Waals surface area (Å²) in [6, 6.07) is 19.5. The maximum absolute atomic E-state index is 12.4. The van der Waals surface area contributed by atoms with Crippen LogP contribution in [0.4, 0.5) is 0 Å². The number of amides is 1. The third kappa shape index (κ3) is 7.49. The summed E-state index contributed by atoms with van der Waals surface area (Å²) in [4.78, 5) is 12.4. The molecule has 1 amide bonds. The van der Waals surface area contributed by atoms with Gasteiger partial charge in [-0.1, -0.05) is 30.7 Å². The lowest BCUT2D eigenvalue weighted by molar-refractivity contribution is 0.0955. The summed E-state index contributed by atoms with van der Waals surface area (Å²) < 4.78 is 17.1. The van der Waals surface area contributed by atoms with Crippen LogP contribution in [0.5, 0.6) is 17.2 Å². The Morgan fingerprint density at radius 3 is 2.60 bits per heavy atom. The second-order valence-electron chi connectivity index (χ2n) is 7.44. The largest absolute Gasteiger partial charge is 0.494 e. The highest BCUT2D eigenvalue weighted by Gasteiger charge is 2.13. The lowest BCUT2D eigenvalue weighted by atomic mass is 10.1. The molecule has 0 spiro atoms. The maximum Gasteiger partial charge on any atom is 0.271 e. The van der Waals surface area contributed by atoms with E-state index in [2.05, 4.69) is 16.6 Å². The lowest BCUT2D eigenvalue weighted by Crippen LogP contribution is -2.17. The number of ether oxygens (including phenoxy) is 3. The van der Waals surface area contributed by atoms with Crippen LogP contribution in [0, 0.1) is 11.3 Å². The predicted octanol–water partition coefficient (Wildman–Crippen LogP) is 5.74. The predicted molar refractivity (Wildman–Crippen MR) is 135 cm³/mol. The zero-order valence-corrected chi connectivity index (χ0v) is 20.3. The van der Waals surface area contributed by atoms with Gasteiger partial charge in [-0.15, -0.1) is 0 Å². The van der Waals surface area contributed by atoms with Crippen molar-refractivity contribution in [2.24, 2.45) is 5.10 Å². The minimum Gasteiger partial charge on any atom is -0.494 e. The molecule has 0 saturated heterocycles. The molecule has 7 nitrogen and oxygen atoms in total. The third-order valence-corrected chi connectivity index (χ3v) is 5.02. The van der Waals surface area contributed by atoms with Gasteiger partial charge < -0.3 is 14.2 Å². The number of nitrogens with zero attached hydrogens (tertiary/aromatic N) is 2. The molecule has 3 rings (SSSR count). The molecule has 0 radical (unpaired) electrons. The molecule has 0 aromatic heterocycles. The van der Waals surface area contributed by atoms with E-state index in [-0.39, 0.29) is 12.5 Å².